The molecule has 0 aromatic heterocycles. The zero-order chi connectivity index (χ0) is 24.6. The maximum atomic E-state index is 13.6. The molecule has 1 unspecified atom stereocenters. The number of carbonyl (C=O) groups excluding carboxylic acids is 1. The van der Waals surface area contributed by atoms with E-state index in [1.165, 1.54) is 12.1 Å². The number of piperidine rings is 1. The molecule has 0 radical (unpaired) electrons. The molecule has 2 saturated heterocycles. The third kappa shape index (κ3) is 4.93. The van der Waals surface area contributed by atoms with Crippen molar-refractivity contribution in [1.82, 2.24) is 14.1 Å². The Morgan fingerprint density at radius 2 is 1.74 bits per heavy atom. The average Bonchev–Trinajstić information content (AvgIpc) is 3.17. The number of rotatable bonds is 7. The number of benzene rings is 2. The zero-order valence-electron chi connectivity index (χ0n) is 19.4. The molecule has 2 aromatic carbocycles. The third-order valence-corrected chi connectivity index (χ3v) is 8.99. The first-order valence-electron chi connectivity index (χ1n) is 11.6. The number of carboxylic acid groups (broad SMARTS) is 1. The minimum atomic E-state index is -4.22. The summed E-state index contributed by atoms with van der Waals surface area (Å²) in [6.45, 7) is 5.72. The van der Waals surface area contributed by atoms with Crippen molar-refractivity contribution in [3.63, 3.8) is 0 Å². The van der Waals surface area contributed by atoms with Crippen LogP contribution >= 0.6 is 11.6 Å². The first kappa shape index (κ1) is 24.9. The molecule has 184 valence electrons. The molecule has 10 heteroatoms. The van der Waals surface area contributed by atoms with Gasteiger partial charge in [-0.2, -0.15) is 4.31 Å². The molecule has 0 spiro atoms. The van der Waals surface area contributed by atoms with Crippen molar-refractivity contribution < 1.29 is 23.1 Å². The summed E-state index contributed by atoms with van der Waals surface area (Å²) in [6, 6.07) is 9.14. The lowest BCUT2D eigenvalue weighted by Crippen LogP contribution is -2.51. The van der Waals surface area contributed by atoms with Gasteiger partial charge in [0.1, 0.15) is 12.6 Å². The van der Waals surface area contributed by atoms with Crippen molar-refractivity contribution in [2.24, 2.45) is 0 Å². The van der Waals surface area contributed by atoms with E-state index in [2.05, 4.69) is 18.7 Å². The molecule has 2 fully saturated rings. The second-order valence-corrected chi connectivity index (χ2v) is 11.6. The SMILES string of the molecule is CC(C)N1CCC(N2CCC(N(CC(=O)O)S(=O)(=O)c3ccc4cc(Cl)ccc4c3)C2=O)CC1. The first-order valence-corrected chi connectivity index (χ1v) is 13.4. The van der Waals surface area contributed by atoms with Crippen LogP contribution in [-0.2, 0) is 19.6 Å². The van der Waals surface area contributed by atoms with Crippen LogP contribution in [0.4, 0.5) is 0 Å². The summed E-state index contributed by atoms with van der Waals surface area (Å²) in [5, 5.41) is 11.5. The summed E-state index contributed by atoms with van der Waals surface area (Å²) in [4.78, 5) is 29.1. The molecule has 4 rings (SSSR count). The molecule has 1 amide bonds. The highest BCUT2D eigenvalue weighted by Gasteiger charge is 2.45. The third-order valence-electron chi connectivity index (χ3n) is 6.90. The largest absolute Gasteiger partial charge is 0.480 e. The summed E-state index contributed by atoms with van der Waals surface area (Å²) in [5.41, 5.74) is 0. The van der Waals surface area contributed by atoms with E-state index in [0.29, 0.717) is 23.0 Å². The minimum Gasteiger partial charge on any atom is -0.480 e. The Morgan fingerprint density at radius 3 is 2.38 bits per heavy atom. The van der Waals surface area contributed by atoms with E-state index in [1.807, 2.05) is 0 Å². The summed E-state index contributed by atoms with van der Waals surface area (Å²) in [6.07, 6.45) is 1.93. The van der Waals surface area contributed by atoms with Crippen LogP contribution in [0.3, 0.4) is 0 Å². The van der Waals surface area contributed by atoms with E-state index in [1.54, 1.807) is 29.2 Å². The Bertz CT molecular complexity index is 1190. The Kier molecular flexibility index (Phi) is 7.19. The van der Waals surface area contributed by atoms with Gasteiger partial charge in [-0.25, -0.2) is 8.42 Å². The van der Waals surface area contributed by atoms with E-state index in [4.69, 9.17) is 11.6 Å². The predicted molar refractivity (Wildman–Crippen MR) is 130 cm³/mol. The highest BCUT2D eigenvalue weighted by molar-refractivity contribution is 7.89. The second kappa shape index (κ2) is 9.81. The molecule has 0 aliphatic carbocycles. The van der Waals surface area contributed by atoms with E-state index in [0.717, 1.165) is 35.6 Å². The van der Waals surface area contributed by atoms with Gasteiger partial charge in [-0.05, 0) is 68.1 Å². The molecule has 0 bridgehead atoms. The Balaban J connectivity index is 1.59. The van der Waals surface area contributed by atoms with E-state index in [9.17, 15) is 23.1 Å². The fraction of sp³-hybridized carbons (Fsp3) is 0.500. The van der Waals surface area contributed by atoms with Crippen molar-refractivity contribution in [1.29, 1.82) is 0 Å². The number of halogens is 1. The van der Waals surface area contributed by atoms with Crippen molar-refractivity contribution in [3.8, 4) is 0 Å². The molecule has 2 aliphatic rings. The number of nitrogens with zero attached hydrogens (tertiary/aromatic N) is 3. The van der Waals surface area contributed by atoms with Gasteiger partial charge in [-0.15, -0.1) is 0 Å². The monoisotopic (exact) mass is 507 g/mol. The van der Waals surface area contributed by atoms with Crippen LogP contribution < -0.4 is 0 Å². The Morgan fingerprint density at radius 1 is 1.09 bits per heavy atom. The Labute approximate surface area is 205 Å². The fourth-order valence-electron chi connectivity index (χ4n) is 5.02. The van der Waals surface area contributed by atoms with E-state index in [-0.39, 0.29) is 23.3 Å². The van der Waals surface area contributed by atoms with Gasteiger partial charge in [0.25, 0.3) is 0 Å². The number of amides is 1. The lowest BCUT2D eigenvalue weighted by Gasteiger charge is -2.38. The normalized spacial score (nSPS) is 20.7. The van der Waals surface area contributed by atoms with Gasteiger partial charge in [0.05, 0.1) is 4.90 Å². The molecule has 2 aromatic rings. The average molecular weight is 508 g/mol. The van der Waals surface area contributed by atoms with Gasteiger partial charge in [0.2, 0.25) is 15.9 Å². The smallest absolute Gasteiger partial charge is 0.318 e. The van der Waals surface area contributed by atoms with Crippen LogP contribution in [0.15, 0.2) is 41.3 Å². The topological polar surface area (TPSA) is 98.2 Å². The molecular formula is C24H30ClN3O5S. The first-order chi connectivity index (χ1) is 16.1. The molecule has 0 saturated carbocycles. The standard InChI is InChI=1S/C24H30ClN3O5S/c1-16(2)26-10-7-20(8-11-26)27-12-9-22(24(27)31)28(15-23(29)30)34(32,33)21-6-4-17-13-19(25)5-3-18(17)14-21/h3-6,13-14,16,20,22H,7-12,15H2,1-2H3,(H,29,30). The molecule has 1 atom stereocenters. The number of hydrogen-bond donors (Lipinski definition) is 1. The highest BCUT2D eigenvalue weighted by Crippen LogP contribution is 2.30. The summed E-state index contributed by atoms with van der Waals surface area (Å²) in [5.74, 6) is -1.60. The van der Waals surface area contributed by atoms with Crippen LogP contribution in [0, 0.1) is 0 Å². The van der Waals surface area contributed by atoms with Crippen molar-refractivity contribution in [2.75, 3.05) is 26.2 Å². The Hall–Kier alpha value is -2.20. The summed E-state index contributed by atoms with van der Waals surface area (Å²) >= 11 is 6.02. The van der Waals surface area contributed by atoms with Gasteiger partial charge in [0, 0.05) is 36.7 Å². The second-order valence-electron chi connectivity index (χ2n) is 9.29. The van der Waals surface area contributed by atoms with Crippen LogP contribution in [-0.4, -0.2) is 83.8 Å². The maximum absolute atomic E-state index is 13.6. The van der Waals surface area contributed by atoms with Crippen LogP contribution in [0.2, 0.25) is 5.02 Å². The highest BCUT2D eigenvalue weighted by atomic mass is 35.5. The summed E-state index contributed by atoms with van der Waals surface area (Å²) in [7, 11) is -4.22. The van der Waals surface area contributed by atoms with E-state index >= 15 is 0 Å². The fourth-order valence-corrected chi connectivity index (χ4v) is 6.79. The van der Waals surface area contributed by atoms with Crippen molar-refractivity contribution in [3.05, 3.63) is 41.4 Å². The number of hydrogen-bond acceptors (Lipinski definition) is 5. The zero-order valence-corrected chi connectivity index (χ0v) is 20.9. The molecule has 2 aliphatic heterocycles. The lowest BCUT2D eigenvalue weighted by atomic mass is 10.0. The number of aliphatic carboxylic acids is 1. The predicted octanol–water partition coefficient (Wildman–Crippen LogP) is 3.04. The van der Waals surface area contributed by atoms with E-state index < -0.39 is 28.6 Å². The van der Waals surface area contributed by atoms with Crippen LogP contribution in [0.5, 0.6) is 0 Å². The number of carboxylic acids is 1. The molecular weight excluding hydrogens is 478 g/mol. The number of carbonyl (C=O) groups is 2. The van der Waals surface area contributed by atoms with Gasteiger partial charge in [0.15, 0.2) is 0 Å². The van der Waals surface area contributed by atoms with Gasteiger partial charge >= 0.3 is 5.97 Å². The number of fused-ring (bicyclic) bond motifs is 1. The van der Waals surface area contributed by atoms with Gasteiger partial charge in [-0.1, -0.05) is 23.7 Å². The molecule has 34 heavy (non-hydrogen) atoms. The minimum absolute atomic E-state index is 0.0416. The molecule has 8 nitrogen and oxygen atoms in total. The molecule has 1 N–H and O–H groups in total. The number of likely N-dealkylation sites (tertiary alicyclic amines) is 2. The quantitative estimate of drug-likeness (QED) is 0.618. The lowest BCUT2D eigenvalue weighted by molar-refractivity contribution is -0.139. The van der Waals surface area contributed by atoms with Crippen molar-refractivity contribution >= 4 is 44.3 Å². The van der Waals surface area contributed by atoms with Crippen LogP contribution in [0.1, 0.15) is 33.1 Å². The van der Waals surface area contributed by atoms with Gasteiger partial charge < -0.3 is 14.9 Å². The number of sulfonamides is 1. The summed E-state index contributed by atoms with van der Waals surface area (Å²) < 4.78 is 28.0. The van der Waals surface area contributed by atoms with Crippen LogP contribution in [0.25, 0.3) is 10.8 Å². The molecule has 2 heterocycles. The van der Waals surface area contributed by atoms with Gasteiger partial charge in [-0.3, -0.25) is 9.59 Å². The maximum Gasteiger partial charge on any atom is 0.318 e. The van der Waals surface area contributed by atoms with Crippen molar-refractivity contribution in [2.45, 2.75) is 56.1 Å².